The van der Waals surface area contributed by atoms with Crippen LogP contribution in [0.15, 0.2) is 41.3 Å². The van der Waals surface area contributed by atoms with Crippen LogP contribution in [0.4, 0.5) is 5.69 Å². The van der Waals surface area contributed by atoms with Gasteiger partial charge in [-0.2, -0.15) is 0 Å². The minimum absolute atomic E-state index is 0.00166. The van der Waals surface area contributed by atoms with Gasteiger partial charge in [-0.3, -0.25) is 14.9 Å². The molecular weight excluding hydrogens is 360 g/mol. The molecule has 1 aliphatic rings. The maximum atomic E-state index is 12.9. The van der Waals surface area contributed by atoms with Crippen molar-refractivity contribution in [2.24, 2.45) is 0 Å². The van der Waals surface area contributed by atoms with Crippen molar-refractivity contribution in [3.05, 3.63) is 46.2 Å². The van der Waals surface area contributed by atoms with E-state index in [0.717, 1.165) is 4.88 Å². The van der Waals surface area contributed by atoms with Crippen LogP contribution in [0.25, 0.3) is 6.08 Å². The van der Waals surface area contributed by atoms with E-state index in [1.807, 2.05) is 17.5 Å². The summed E-state index contributed by atoms with van der Waals surface area (Å²) in [5.41, 5.74) is 0.435. The van der Waals surface area contributed by atoms with Gasteiger partial charge in [-0.1, -0.05) is 6.07 Å². The number of methoxy groups -OCH3 is 2. The van der Waals surface area contributed by atoms with Gasteiger partial charge in [0.05, 0.1) is 19.9 Å². The second-order valence-corrected chi connectivity index (χ2v) is 6.38. The van der Waals surface area contributed by atoms with E-state index in [1.54, 1.807) is 24.3 Å². The number of thiocarbonyl (C=S) groups is 1. The van der Waals surface area contributed by atoms with Crippen molar-refractivity contribution >= 4 is 52.2 Å². The average Bonchev–Trinajstić information content (AvgIpc) is 3.12. The number of nitrogens with one attached hydrogen (secondary N) is 1. The first-order chi connectivity index (χ1) is 12.0. The summed E-state index contributed by atoms with van der Waals surface area (Å²) in [6.45, 7) is 0. The van der Waals surface area contributed by atoms with Gasteiger partial charge in [-0.15, -0.1) is 11.3 Å². The van der Waals surface area contributed by atoms with Crippen molar-refractivity contribution in [1.82, 2.24) is 5.32 Å². The lowest BCUT2D eigenvalue weighted by Crippen LogP contribution is -2.54. The molecule has 1 aromatic heterocycles. The molecule has 0 atom stereocenters. The Morgan fingerprint density at radius 2 is 2.00 bits per heavy atom. The van der Waals surface area contributed by atoms with Crippen molar-refractivity contribution in [3.8, 4) is 11.5 Å². The number of rotatable bonds is 4. The summed E-state index contributed by atoms with van der Waals surface area (Å²) in [6, 6.07) is 8.65. The number of amides is 2. The monoisotopic (exact) mass is 374 g/mol. The predicted octanol–water partition coefficient (Wildman–Crippen LogP) is 2.60. The number of hydrogen-bond acceptors (Lipinski definition) is 6. The van der Waals surface area contributed by atoms with Crippen LogP contribution >= 0.6 is 23.6 Å². The van der Waals surface area contributed by atoms with Crippen LogP contribution in [0, 0.1) is 0 Å². The highest BCUT2D eigenvalue weighted by atomic mass is 32.1. The normalized spacial score (nSPS) is 16.2. The smallest absolute Gasteiger partial charge is 0.270 e. The van der Waals surface area contributed by atoms with Crippen molar-refractivity contribution in [3.63, 3.8) is 0 Å². The second-order valence-electron chi connectivity index (χ2n) is 5.01. The molecule has 1 saturated heterocycles. The van der Waals surface area contributed by atoms with Gasteiger partial charge in [-0.25, -0.2) is 4.90 Å². The Hall–Kier alpha value is -2.71. The van der Waals surface area contributed by atoms with Crippen LogP contribution < -0.4 is 19.7 Å². The third-order valence-electron chi connectivity index (χ3n) is 3.56. The molecule has 0 unspecified atom stereocenters. The van der Waals surface area contributed by atoms with Crippen LogP contribution in [0.2, 0.25) is 0 Å². The molecule has 2 aromatic rings. The molecule has 0 saturated carbocycles. The maximum Gasteiger partial charge on any atom is 0.270 e. The zero-order valence-corrected chi connectivity index (χ0v) is 15.1. The SMILES string of the molecule is COc1ccc(N2C(=O)/C(=C\c3cccs3)C(=O)NC2=S)c(OC)c1. The van der Waals surface area contributed by atoms with Gasteiger partial charge in [0.25, 0.3) is 11.8 Å². The zero-order chi connectivity index (χ0) is 18.0. The first kappa shape index (κ1) is 17.1. The fraction of sp³-hybridized carbons (Fsp3) is 0.118. The molecular formula is C17H14N2O4S2. The highest BCUT2D eigenvalue weighted by Crippen LogP contribution is 2.34. The lowest BCUT2D eigenvalue weighted by atomic mass is 10.1. The van der Waals surface area contributed by atoms with Crippen LogP contribution in [-0.4, -0.2) is 31.1 Å². The van der Waals surface area contributed by atoms with Gasteiger partial charge in [0.15, 0.2) is 5.11 Å². The summed E-state index contributed by atoms with van der Waals surface area (Å²) < 4.78 is 10.5. The van der Waals surface area contributed by atoms with E-state index in [4.69, 9.17) is 21.7 Å². The number of thiophene rings is 1. The summed E-state index contributed by atoms with van der Waals surface area (Å²) in [5.74, 6) is -0.0474. The van der Waals surface area contributed by atoms with Crippen LogP contribution in [-0.2, 0) is 9.59 Å². The quantitative estimate of drug-likeness (QED) is 0.506. The van der Waals surface area contributed by atoms with Crippen molar-refractivity contribution in [1.29, 1.82) is 0 Å². The van der Waals surface area contributed by atoms with E-state index < -0.39 is 11.8 Å². The summed E-state index contributed by atoms with van der Waals surface area (Å²) >= 11 is 6.62. The molecule has 1 N–H and O–H groups in total. The van der Waals surface area contributed by atoms with E-state index in [0.29, 0.717) is 17.2 Å². The first-order valence-electron chi connectivity index (χ1n) is 7.22. The number of ether oxygens (including phenoxy) is 2. The Morgan fingerprint density at radius 1 is 1.20 bits per heavy atom. The fourth-order valence-corrected chi connectivity index (χ4v) is 3.29. The molecule has 1 aliphatic heterocycles. The highest BCUT2D eigenvalue weighted by Gasteiger charge is 2.36. The molecule has 1 aromatic carbocycles. The lowest BCUT2D eigenvalue weighted by molar-refractivity contribution is -0.122. The Bertz CT molecular complexity index is 875. The number of hydrogen-bond donors (Lipinski definition) is 1. The number of carbonyl (C=O) groups excluding carboxylic acids is 2. The number of nitrogens with zero attached hydrogens (tertiary/aromatic N) is 1. The van der Waals surface area contributed by atoms with Gasteiger partial charge >= 0.3 is 0 Å². The van der Waals surface area contributed by atoms with E-state index in [1.165, 1.54) is 30.5 Å². The number of anilines is 1. The maximum absolute atomic E-state index is 12.9. The van der Waals surface area contributed by atoms with E-state index in [9.17, 15) is 9.59 Å². The van der Waals surface area contributed by atoms with Gasteiger partial charge in [-0.05, 0) is 41.9 Å². The molecule has 128 valence electrons. The molecule has 0 spiro atoms. The molecule has 0 aliphatic carbocycles. The third-order valence-corrected chi connectivity index (χ3v) is 4.66. The molecule has 1 fully saturated rings. The van der Waals surface area contributed by atoms with E-state index in [-0.39, 0.29) is 10.7 Å². The van der Waals surface area contributed by atoms with E-state index >= 15 is 0 Å². The summed E-state index contributed by atoms with van der Waals surface area (Å²) in [4.78, 5) is 27.2. The van der Waals surface area contributed by atoms with Gasteiger partial charge in [0.2, 0.25) is 0 Å². The standard InChI is InChI=1S/C17H14N2O4S2/c1-22-10-5-6-13(14(8-10)23-2)19-16(21)12(15(20)18-17(19)24)9-11-4-3-7-25-11/h3-9H,1-2H3,(H,18,20,24)/b12-9-. The van der Waals surface area contributed by atoms with E-state index in [2.05, 4.69) is 5.32 Å². The van der Waals surface area contributed by atoms with Gasteiger partial charge in [0.1, 0.15) is 17.1 Å². The van der Waals surface area contributed by atoms with Gasteiger partial charge in [0, 0.05) is 10.9 Å². The Kier molecular flexibility index (Phi) is 4.82. The summed E-state index contributed by atoms with van der Waals surface area (Å²) in [5, 5.41) is 4.42. The minimum Gasteiger partial charge on any atom is -0.497 e. The molecule has 8 heteroatoms. The second kappa shape index (κ2) is 7.04. The van der Waals surface area contributed by atoms with Crippen LogP contribution in [0.1, 0.15) is 4.88 Å². The summed E-state index contributed by atoms with van der Waals surface area (Å²) in [6.07, 6.45) is 1.55. The highest BCUT2D eigenvalue weighted by molar-refractivity contribution is 7.80. The van der Waals surface area contributed by atoms with Crippen LogP contribution in [0.5, 0.6) is 11.5 Å². The van der Waals surface area contributed by atoms with Crippen molar-refractivity contribution < 1.29 is 19.1 Å². The fourth-order valence-electron chi connectivity index (χ4n) is 2.36. The molecule has 6 nitrogen and oxygen atoms in total. The Labute approximate surface area is 153 Å². The molecule has 2 heterocycles. The predicted molar refractivity (Wildman–Crippen MR) is 100 cm³/mol. The minimum atomic E-state index is -0.521. The Morgan fingerprint density at radius 3 is 2.64 bits per heavy atom. The molecule has 0 radical (unpaired) electrons. The molecule has 0 bridgehead atoms. The average molecular weight is 374 g/mol. The molecule has 3 rings (SSSR count). The third kappa shape index (κ3) is 3.26. The lowest BCUT2D eigenvalue weighted by Gasteiger charge is -2.29. The Balaban J connectivity index is 2.05. The molecule has 25 heavy (non-hydrogen) atoms. The molecule has 2 amide bonds. The van der Waals surface area contributed by atoms with Crippen molar-refractivity contribution in [2.45, 2.75) is 0 Å². The number of carbonyl (C=O) groups is 2. The van der Waals surface area contributed by atoms with Gasteiger partial charge < -0.3 is 9.47 Å². The first-order valence-corrected chi connectivity index (χ1v) is 8.51. The largest absolute Gasteiger partial charge is 0.497 e. The topological polar surface area (TPSA) is 67.9 Å². The van der Waals surface area contributed by atoms with Crippen LogP contribution in [0.3, 0.4) is 0 Å². The zero-order valence-electron chi connectivity index (χ0n) is 13.4. The summed E-state index contributed by atoms with van der Waals surface area (Å²) in [7, 11) is 3.02. The number of benzene rings is 1. The van der Waals surface area contributed by atoms with Crippen molar-refractivity contribution in [2.75, 3.05) is 19.1 Å².